The van der Waals surface area contributed by atoms with Crippen LogP contribution >= 0.6 is 0 Å². The summed E-state index contributed by atoms with van der Waals surface area (Å²) < 4.78 is 21.6. The molecule has 3 aromatic rings. The molecular formula is C20H19FN6O3. The number of amides is 2. The van der Waals surface area contributed by atoms with Gasteiger partial charge in [-0.3, -0.25) is 14.7 Å². The van der Waals surface area contributed by atoms with Crippen molar-refractivity contribution in [1.29, 1.82) is 0 Å². The Labute approximate surface area is 171 Å². The van der Waals surface area contributed by atoms with E-state index in [-0.39, 0.29) is 19.0 Å². The van der Waals surface area contributed by atoms with Crippen molar-refractivity contribution < 1.29 is 18.7 Å². The fraction of sp³-hybridized carbons (Fsp3) is 0.250. The Hall–Kier alpha value is -3.82. The molecule has 30 heavy (non-hydrogen) atoms. The quantitative estimate of drug-likeness (QED) is 0.667. The predicted octanol–water partition coefficient (Wildman–Crippen LogP) is 1.99. The molecule has 1 aliphatic rings. The molecule has 1 aromatic carbocycles. The topological polar surface area (TPSA) is 102 Å². The first kappa shape index (κ1) is 19.5. The molecule has 1 N–H and O–H groups in total. The number of hydrogen-bond donors (Lipinski definition) is 1. The van der Waals surface area contributed by atoms with Crippen molar-refractivity contribution in [1.82, 2.24) is 25.3 Å². The highest BCUT2D eigenvalue weighted by atomic mass is 19.1. The van der Waals surface area contributed by atoms with Gasteiger partial charge in [0, 0.05) is 30.4 Å². The van der Waals surface area contributed by atoms with Crippen molar-refractivity contribution in [3.63, 3.8) is 0 Å². The Kier molecular flexibility index (Phi) is 5.38. The molecule has 10 heteroatoms. The summed E-state index contributed by atoms with van der Waals surface area (Å²) in [6.45, 7) is 2.30. The lowest BCUT2D eigenvalue weighted by atomic mass is 10.1. The van der Waals surface area contributed by atoms with Gasteiger partial charge in [0.2, 0.25) is 5.91 Å². The summed E-state index contributed by atoms with van der Waals surface area (Å²) in [4.78, 5) is 28.8. The number of ether oxygens (including phenoxy) is 1. The molecule has 1 fully saturated rings. The Balaban J connectivity index is 1.47. The van der Waals surface area contributed by atoms with Crippen LogP contribution in [0, 0.1) is 5.82 Å². The van der Waals surface area contributed by atoms with Crippen LogP contribution in [0.1, 0.15) is 12.6 Å². The number of pyridine rings is 1. The molecule has 0 unspecified atom stereocenters. The van der Waals surface area contributed by atoms with Gasteiger partial charge in [0.05, 0.1) is 37.2 Å². The van der Waals surface area contributed by atoms with Gasteiger partial charge in [-0.15, -0.1) is 5.10 Å². The van der Waals surface area contributed by atoms with E-state index >= 15 is 0 Å². The largest absolute Gasteiger partial charge is 0.442 e. The van der Waals surface area contributed by atoms with E-state index in [0.29, 0.717) is 23.4 Å². The third-order valence-corrected chi connectivity index (χ3v) is 4.65. The third kappa shape index (κ3) is 4.27. The molecule has 1 atom stereocenters. The molecular weight excluding hydrogens is 391 g/mol. The van der Waals surface area contributed by atoms with Crippen LogP contribution in [0.4, 0.5) is 14.9 Å². The Morgan fingerprint density at radius 1 is 1.33 bits per heavy atom. The fourth-order valence-corrected chi connectivity index (χ4v) is 3.16. The fourth-order valence-electron chi connectivity index (χ4n) is 3.16. The highest BCUT2D eigenvalue weighted by Crippen LogP contribution is 2.29. The number of anilines is 1. The highest BCUT2D eigenvalue weighted by Gasteiger charge is 2.32. The zero-order chi connectivity index (χ0) is 21.1. The number of nitrogens with zero attached hydrogens (tertiary/aromatic N) is 5. The van der Waals surface area contributed by atoms with Crippen LogP contribution in [-0.4, -0.2) is 51.2 Å². The minimum atomic E-state index is -0.573. The molecule has 2 aromatic heterocycles. The van der Waals surface area contributed by atoms with Crippen LogP contribution in [0.25, 0.3) is 11.1 Å². The summed E-state index contributed by atoms with van der Waals surface area (Å²) in [5, 5.41) is 10.2. The van der Waals surface area contributed by atoms with Crippen molar-refractivity contribution in [2.24, 2.45) is 0 Å². The Bertz CT molecular complexity index is 1050. The molecule has 0 radical (unpaired) electrons. The van der Waals surface area contributed by atoms with Crippen LogP contribution in [-0.2, 0) is 16.1 Å². The molecule has 9 nitrogen and oxygen atoms in total. The first-order valence-corrected chi connectivity index (χ1v) is 9.31. The Morgan fingerprint density at radius 3 is 2.87 bits per heavy atom. The van der Waals surface area contributed by atoms with Crippen molar-refractivity contribution >= 4 is 17.7 Å². The predicted molar refractivity (Wildman–Crippen MR) is 105 cm³/mol. The molecule has 0 aliphatic carbocycles. The molecule has 4 rings (SSSR count). The maximum Gasteiger partial charge on any atom is 0.414 e. The van der Waals surface area contributed by atoms with Gasteiger partial charge in [-0.2, -0.15) is 0 Å². The summed E-state index contributed by atoms with van der Waals surface area (Å²) in [7, 11) is 0. The summed E-state index contributed by atoms with van der Waals surface area (Å²) in [6.07, 6.45) is 3.86. The lowest BCUT2D eigenvalue weighted by molar-refractivity contribution is -0.119. The summed E-state index contributed by atoms with van der Waals surface area (Å²) in [5.41, 5.74) is 2.16. The van der Waals surface area contributed by atoms with Crippen LogP contribution in [0.2, 0.25) is 0 Å². The van der Waals surface area contributed by atoms with Crippen molar-refractivity contribution in [3.05, 3.63) is 60.4 Å². The van der Waals surface area contributed by atoms with E-state index < -0.39 is 18.0 Å². The summed E-state index contributed by atoms with van der Waals surface area (Å²) >= 11 is 0. The SMILES string of the molecule is CC(=O)NC[C@H]1CN(c2ccc(-c3ccc(Cn4ccnn4)nc3)c(F)c2)C(=O)O1. The van der Waals surface area contributed by atoms with Crippen LogP contribution in [0.15, 0.2) is 48.9 Å². The minimum absolute atomic E-state index is 0.208. The number of aromatic nitrogens is 4. The molecule has 0 bridgehead atoms. The number of rotatable bonds is 6. The second-order valence-corrected chi connectivity index (χ2v) is 6.86. The number of benzene rings is 1. The standard InChI is InChI=1S/C20H19FN6O3/c1-13(28)22-10-17-12-27(20(29)30-17)16-4-5-18(19(21)8-16)14-2-3-15(23-9-14)11-26-7-6-24-25-26/h2-9,17H,10-12H2,1H3,(H,22,28)/t17-/m0/s1. The molecule has 154 valence electrons. The first-order valence-electron chi connectivity index (χ1n) is 9.31. The molecule has 2 amide bonds. The van der Waals surface area contributed by atoms with Crippen molar-refractivity contribution in [3.8, 4) is 11.1 Å². The average molecular weight is 410 g/mol. The second-order valence-electron chi connectivity index (χ2n) is 6.86. The number of carbonyl (C=O) groups excluding carboxylic acids is 2. The monoisotopic (exact) mass is 410 g/mol. The zero-order valence-corrected chi connectivity index (χ0v) is 16.2. The second kappa shape index (κ2) is 8.27. The van der Waals surface area contributed by atoms with Gasteiger partial charge in [0.15, 0.2) is 0 Å². The van der Waals surface area contributed by atoms with Gasteiger partial charge in [-0.05, 0) is 24.3 Å². The number of halogens is 1. The van der Waals surface area contributed by atoms with E-state index in [1.54, 1.807) is 47.5 Å². The summed E-state index contributed by atoms with van der Waals surface area (Å²) in [6, 6.07) is 8.14. The van der Waals surface area contributed by atoms with E-state index in [1.807, 2.05) is 0 Å². The number of nitrogens with one attached hydrogen (secondary N) is 1. The number of hydrogen-bond acceptors (Lipinski definition) is 6. The van der Waals surface area contributed by atoms with E-state index in [9.17, 15) is 14.0 Å². The highest BCUT2D eigenvalue weighted by molar-refractivity contribution is 5.90. The van der Waals surface area contributed by atoms with Crippen molar-refractivity contribution in [2.75, 3.05) is 18.0 Å². The van der Waals surface area contributed by atoms with E-state index in [1.165, 1.54) is 17.9 Å². The van der Waals surface area contributed by atoms with E-state index in [0.717, 1.165) is 5.69 Å². The van der Waals surface area contributed by atoms with Crippen LogP contribution < -0.4 is 10.2 Å². The summed E-state index contributed by atoms with van der Waals surface area (Å²) in [5.74, 6) is -0.683. The first-order chi connectivity index (χ1) is 14.5. The van der Waals surface area contributed by atoms with Crippen LogP contribution in [0.5, 0.6) is 0 Å². The Morgan fingerprint density at radius 2 is 2.20 bits per heavy atom. The molecule has 1 aliphatic heterocycles. The third-order valence-electron chi connectivity index (χ3n) is 4.65. The maximum atomic E-state index is 14.8. The minimum Gasteiger partial charge on any atom is -0.442 e. The van der Waals surface area contributed by atoms with Gasteiger partial charge >= 0.3 is 6.09 Å². The zero-order valence-electron chi connectivity index (χ0n) is 16.2. The lowest BCUT2D eigenvalue weighted by Crippen LogP contribution is -2.33. The molecule has 3 heterocycles. The lowest BCUT2D eigenvalue weighted by Gasteiger charge is -2.14. The van der Waals surface area contributed by atoms with E-state index in [4.69, 9.17) is 4.74 Å². The van der Waals surface area contributed by atoms with E-state index in [2.05, 4.69) is 20.6 Å². The number of carbonyl (C=O) groups is 2. The molecule has 0 saturated carbocycles. The van der Waals surface area contributed by atoms with Gasteiger partial charge in [0.1, 0.15) is 11.9 Å². The smallest absolute Gasteiger partial charge is 0.414 e. The van der Waals surface area contributed by atoms with Gasteiger partial charge in [0.25, 0.3) is 0 Å². The van der Waals surface area contributed by atoms with Crippen molar-refractivity contribution in [2.45, 2.75) is 19.6 Å². The number of cyclic esters (lactones) is 1. The van der Waals surface area contributed by atoms with Gasteiger partial charge < -0.3 is 10.1 Å². The average Bonchev–Trinajstić information content (AvgIpc) is 3.36. The van der Waals surface area contributed by atoms with Gasteiger partial charge in [-0.1, -0.05) is 11.3 Å². The van der Waals surface area contributed by atoms with Gasteiger partial charge in [-0.25, -0.2) is 13.9 Å². The van der Waals surface area contributed by atoms with Crippen LogP contribution in [0.3, 0.4) is 0 Å². The normalized spacial score (nSPS) is 15.9. The maximum absolute atomic E-state index is 14.8. The molecule has 1 saturated heterocycles. The molecule has 0 spiro atoms.